The Kier molecular flexibility index (Phi) is 4.82. The Labute approximate surface area is 121 Å². The van der Waals surface area contributed by atoms with Crippen LogP contribution >= 0.6 is 0 Å². The van der Waals surface area contributed by atoms with Crippen LogP contribution in [-0.2, 0) is 9.47 Å². The van der Waals surface area contributed by atoms with E-state index in [4.69, 9.17) is 0 Å². The third-order valence-corrected chi connectivity index (χ3v) is 4.07. The lowest BCUT2D eigenvalue weighted by atomic mass is 9.83. The second kappa shape index (κ2) is 5.47. The molecule has 3 unspecified atom stereocenters. The van der Waals surface area contributed by atoms with Crippen molar-refractivity contribution in [1.29, 1.82) is 0 Å². The Morgan fingerprint density at radius 2 is 1.59 bits per heavy atom. The molecule has 10 heteroatoms. The van der Waals surface area contributed by atoms with Crippen LogP contribution in [-0.4, -0.2) is 43.2 Å². The van der Waals surface area contributed by atoms with Crippen molar-refractivity contribution in [3.8, 4) is 0 Å². The van der Waals surface area contributed by atoms with Gasteiger partial charge in [-0.05, 0) is 12.8 Å². The smallest absolute Gasteiger partial charge is 0.359 e. The van der Waals surface area contributed by atoms with Gasteiger partial charge in [-0.3, -0.25) is 0 Å². The molecule has 0 saturated heterocycles. The van der Waals surface area contributed by atoms with Gasteiger partial charge >= 0.3 is 12.1 Å². The fourth-order valence-corrected chi connectivity index (χ4v) is 2.91. The van der Waals surface area contributed by atoms with Crippen molar-refractivity contribution in [2.24, 2.45) is 5.92 Å². The Balaban J connectivity index is 3.56. The molecule has 1 aliphatic carbocycles. The van der Waals surface area contributed by atoms with Crippen molar-refractivity contribution in [2.45, 2.75) is 56.0 Å². The molecule has 2 nitrogen and oxygen atoms in total. The van der Waals surface area contributed by atoms with Gasteiger partial charge in [-0.2, -0.15) is 22.0 Å². The van der Waals surface area contributed by atoms with Crippen LogP contribution in [0.5, 0.6) is 0 Å². The van der Waals surface area contributed by atoms with Crippen LogP contribution in [0, 0.1) is 5.92 Å². The van der Waals surface area contributed by atoms with Gasteiger partial charge in [0.2, 0.25) is 11.3 Å². The minimum Gasteiger partial charge on any atom is -0.359 e. The largest absolute Gasteiger partial charge is 0.423 e. The quantitative estimate of drug-likeness (QED) is 0.546. The van der Waals surface area contributed by atoms with Crippen molar-refractivity contribution in [1.82, 2.24) is 0 Å². The zero-order valence-corrected chi connectivity index (χ0v) is 12.0. The van der Waals surface area contributed by atoms with Crippen LogP contribution in [0.25, 0.3) is 0 Å². The Morgan fingerprint density at radius 3 is 1.86 bits per heavy atom. The summed E-state index contributed by atoms with van der Waals surface area (Å²) in [5, 5.41) is 0. The summed E-state index contributed by atoms with van der Waals surface area (Å²) in [4.78, 5) is 0. The zero-order valence-electron chi connectivity index (χ0n) is 12.0. The van der Waals surface area contributed by atoms with E-state index in [1.165, 1.54) is 0 Å². The highest BCUT2D eigenvalue weighted by Crippen LogP contribution is 2.67. The number of methoxy groups -OCH3 is 1. The van der Waals surface area contributed by atoms with Gasteiger partial charge in [0, 0.05) is 20.0 Å². The molecule has 1 aliphatic rings. The van der Waals surface area contributed by atoms with Crippen molar-refractivity contribution < 1.29 is 44.6 Å². The standard InChI is InChI=1S/C12H16F8O2/c1-4-7-5-9(12(18,19)20,22-6-21-3)11(16,17)10(7,15)8(2,13)14/h7H,4-6H2,1-3H3. The monoisotopic (exact) mass is 344 g/mol. The molecule has 0 radical (unpaired) electrons. The molecule has 1 rings (SSSR count). The van der Waals surface area contributed by atoms with Gasteiger partial charge in [0.15, 0.2) is 0 Å². The van der Waals surface area contributed by atoms with Gasteiger partial charge in [-0.15, -0.1) is 0 Å². The van der Waals surface area contributed by atoms with E-state index in [2.05, 4.69) is 9.47 Å². The Bertz CT molecular complexity index is 405. The molecule has 0 aromatic carbocycles. The van der Waals surface area contributed by atoms with Crippen LogP contribution in [0.2, 0.25) is 0 Å². The van der Waals surface area contributed by atoms with E-state index in [-0.39, 0.29) is 6.92 Å². The van der Waals surface area contributed by atoms with Gasteiger partial charge < -0.3 is 9.47 Å². The molecule has 0 aromatic heterocycles. The van der Waals surface area contributed by atoms with Gasteiger partial charge in [-0.25, -0.2) is 13.2 Å². The van der Waals surface area contributed by atoms with Crippen LogP contribution in [0.3, 0.4) is 0 Å². The summed E-state index contributed by atoms with van der Waals surface area (Å²) in [5.41, 5.74) is -9.05. The number of ether oxygens (including phenoxy) is 2. The van der Waals surface area contributed by atoms with Crippen LogP contribution in [0.4, 0.5) is 35.1 Å². The van der Waals surface area contributed by atoms with Crippen molar-refractivity contribution >= 4 is 0 Å². The number of rotatable bonds is 5. The molecule has 22 heavy (non-hydrogen) atoms. The summed E-state index contributed by atoms with van der Waals surface area (Å²) < 4.78 is 118. The van der Waals surface area contributed by atoms with E-state index in [0.717, 1.165) is 14.0 Å². The van der Waals surface area contributed by atoms with E-state index >= 15 is 0 Å². The van der Waals surface area contributed by atoms with Gasteiger partial charge in [0.1, 0.15) is 6.79 Å². The summed E-state index contributed by atoms with van der Waals surface area (Å²) in [6.45, 7) is -0.340. The SMILES string of the molecule is CCC1CC(OCOC)(C(F)(F)F)C(F)(F)C1(F)C(C)(F)F. The molecular formula is C12H16F8O2. The number of hydrogen-bond donors (Lipinski definition) is 0. The normalized spacial score (nSPS) is 35.9. The third-order valence-electron chi connectivity index (χ3n) is 4.07. The lowest BCUT2D eigenvalue weighted by molar-refractivity contribution is -0.376. The van der Waals surface area contributed by atoms with Crippen LogP contribution in [0.1, 0.15) is 26.7 Å². The highest BCUT2D eigenvalue weighted by molar-refractivity contribution is 5.23. The third kappa shape index (κ3) is 2.29. The second-order valence-corrected chi connectivity index (χ2v) is 5.36. The molecule has 0 N–H and O–H groups in total. The highest BCUT2D eigenvalue weighted by atomic mass is 19.4. The van der Waals surface area contributed by atoms with E-state index in [1.807, 2.05) is 0 Å². The summed E-state index contributed by atoms with van der Waals surface area (Å²) >= 11 is 0. The molecule has 0 aliphatic heterocycles. The minimum atomic E-state index is -5.76. The molecule has 1 fully saturated rings. The molecule has 3 atom stereocenters. The maximum atomic E-state index is 14.6. The van der Waals surface area contributed by atoms with Crippen molar-refractivity contribution in [3.63, 3.8) is 0 Å². The molecule has 0 bridgehead atoms. The average Bonchev–Trinajstić information content (AvgIpc) is 2.53. The van der Waals surface area contributed by atoms with Gasteiger partial charge in [0.05, 0.1) is 0 Å². The number of alkyl halides is 8. The first-order valence-corrected chi connectivity index (χ1v) is 6.37. The lowest BCUT2D eigenvalue weighted by Crippen LogP contribution is -2.67. The van der Waals surface area contributed by atoms with E-state index in [0.29, 0.717) is 0 Å². The summed E-state index contributed by atoms with van der Waals surface area (Å²) in [5.74, 6) is -12.4. The molecule has 0 aromatic rings. The first-order valence-electron chi connectivity index (χ1n) is 6.37. The molecular weight excluding hydrogens is 328 g/mol. The Morgan fingerprint density at radius 1 is 1.09 bits per heavy atom. The van der Waals surface area contributed by atoms with E-state index in [1.54, 1.807) is 0 Å². The van der Waals surface area contributed by atoms with E-state index in [9.17, 15) is 35.1 Å². The summed E-state index contributed by atoms with van der Waals surface area (Å²) in [6.07, 6.45) is -8.02. The maximum Gasteiger partial charge on any atom is 0.423 e. The molecule has 1 saturated carbocycles. The fourth-order valence-electron chi connectivity index (χ4n) is 2.91. The molecule has 0 amide bonds. The van der Waals surface area contributed by atoms with Gasteiger partial charge in [-0.1, -0.05) is 6.92 Å². The zero-order chi connectivity index (χ0) is 17.6. The topological polar surface area (TPSA) is 18.5 Å². The summed E-state index contributed by atoms with van der Waals surface area (Å²) in [7, 11) is 0.867. The van der Waals surface area contributed by atoms with Gasteiger partial charge in [0.25, 0.3) is 5.92 Å². The number of hydrogen-bond acceptors (Lipinski definition) is 2. The highest BCUT2D eigenvalue weighted by Gasteiger charge is 2.89. The first kappa shape index (κ1) is 19.4. The van der Waals surface area contributed by atoms with E-state index < -0.39 is 54.8 Å². The molecule has 0 heterocycles. The van der Waals surface area contributed by atoms with Crippen LogP contribution in [0.15, 0.2) is 0 Å². The van der Waals surface area contributed by atoms with Crippen molar-refractivity contribution in [3.05, 3.63) is 0 Å². The molecule has 0 spiro atoms. The Hall–Kier alpha value is -0.640. The minimum absolute atomic E-state index is 0.160. The average molecular weight is 344 g/mol. The van der Waals surface area contributed by atoms with Crippen molar-refractivity contribution in [2.75, 3.05) is 13.9 Å². The maximum absolute atomic E-state index is 14.6. The summed E-state index contributed by atoms with van der Waals surface area (Å²) in [6, 6.07) is 0. The second-order valence-electron chi connectivity index (χ2n) is 5.36. The predicted molar refractivity (Wildman–Crippen MR) is 59.6 cm³/mol. The lowest BCUT2D eigenvalue weighted by Gasteiger charge is -2.41. The van der Waals surface area contributed by atoms with Crippen LogP contribution < -0.4 is 0 Å². The molecule has 132 valence electrons. The first-order chi connectivity index (χ1) is 9.73. The predicted octanol–water partition coefficient (Wildman–Crippen LogP) is 4.34. The number of halogens is 8. The fraction of sp³-hybridized carbons (Fsp3) is 1.00.